The Hall–Kier alpha value is -2.67. The van der Waals surface area contributed by atoms with E-state index < -0.39 is 11.7 Å². The Morgan fingerprint density at radius 1 is 0.963 bits per heavy atom. The Labute approximate surface area is 154 Å². The summed E-state index contributed by atoms with van der Waals surface area (Å²) in [6.07, 6.45) is 0.903. The van der Waals surface area contributed by atoms with Crippen molar-refractivity contribution in [1.29, 1.82) is 0 Å². The second kappa shape index (κ2) is 7.15. The van der Waals surface area contributed by atoms with Crippen LogP contribution in [-0.2, 0) is 6.18 Å². The lowest BCUT2D eigenvalue weighted by atomic mass is 9.88. The molecule has 0 spiro atoms. The Morgan fingerprint density at radius 2 is 1.70 bits per heavy atom. The first kappa shape index (κ1) is 17.7. The summed E-state index contributed by atoms with van der Waals surface area (Å²) in [6.45, 7) is 1.83. The first-order valence-electron chi connectivity index (χ1n) is 8.91. The van der Waals surface area contributed by atoms with Gasteiger partial charge in [-0.1, -0.05) is 12.1 Å². The number of alkyl halides is 3. The number of aromatic nitrogens is 3. The van der Waals surface area contributed by atoms with Gasteiger partial charge in [-0.25, -0.2) is 0 Å². The predicted octanol–water partition coefficient (Wildman–Crippen LogP) is 4.62. The van der Waals surface area contributed by atoms with Crippen molar-refractivity contribution < 1.29 is 13.2 Å². The van der Waals surface area contributed by atoms with E-state index in [1.165, 1.54) is 6.07 Å². The first-order chi connectivity index (χ1) is 13.0. The van der Waals surface area contributed by atoms with Crippen LogP contribution in [0.3, 0.4) is 0 Å². The molecular formula is C20H19F3N4. The van der Waals surface area contributed by atoms with E-state index in [0.717, 1.165) is 54.9 Å². The lowest BCUT2D eigenvalue weighted by Crippen LogP contribution is -2.27. The summed E-state index contributed by atoms with van der Waals surface area (Å²) < 4.78 is 39.5. The van der Waals surface area contributed by atoms with E-state index in [1.54, 1.807) is 18.5 Å². The highest BCUT2D eigenvalue weighted by Crippen LogP contribution is 2.40. The highest BCUT2D eigenvalue weighted by Gasteiger charge is 2.31. The van der Waals surface area contributed by atoms with Crippen molar-refractivity contribution in [3.05, 3.63) is 60.0 Å². The number of nitrogens with one attached hydrogen (secondary N) is 2. The standard InChI is InChI=1S/C20H19F3N4/c21-20(22,23)16-3-1-2-15(12-16)19-17(13-4-8-24-9-5-13)18(26-27-19)14-6-10-25-11-7-14/h1-5,8-9,12,14,25H,6-7,10-11H2,(H,26,27). The maximum Gasteiger partial charge on any atom is 0.416 e. The molecule has 0 bridgehead atoms. The number of pyridine rings is 1. The molecule has 1 aromatic carbocycles. The summed E-state index contributed by atoms with van der Waals surface area (Å²) in [7, 11) is 0. The van der Waals surface area contributed by atoms with Crippen LogP contribution in [0.2, 0.25) is 0 Å². The molecule has 2 aromatic heterocycles. The molecule has 0 atom stereocenters. The molecule has 1 aliphatic rings. The van der Waals surface area contributed by atoms with Gasteiger partial charge in [0.15, 0.2) is 0 Å². The van der Waals surface area contributed by atoms with Crippen molar-refractivity contribution in [2.24, 2.45) is 0 Å². The fourth-order valence-corrected chi connectivity index (χ4v) is 3.62. The zero-order chi connectivity index (χ0) is 18.9. The average molecular weight is 372 g/mol. The van der Waals surface area contributed by atoms with E-state index in [2.05, 4.69) is 20.5 Å². The maximum absolute atomic E-state index is 13.2. The quantitative estimate of drug-likeness (QED) is 0.705. The van der Waals surface area contributed by atoms with Crippen LogP contribution in [0.4, 0.5) is 13.2 Å². The lowest BCUT2D eigenvalue weighted by molar-refractivity contribution is -0.137. The minimum absolute atomic E-state index is 0.293. The van der Waals surface area contributed by atoms with Gasteiger partial charge >= 0.3 is 6.18 Å². The molecule has 27 heavy (non-hydrogen) atoms. The summed E-state index contributed by atoms with van der Waals surface area (Å²) in [5, 5.41) is 10.9. The Balaban J connectivity index is 1.85. The third-order valence-electron chi connectivity index (χ3n) is 4.97. The SMILES string of the molecule is FC(F)(F)c1cccc(-c2n[nH]c(C3CCNCC3)c2-c2ccncc2)c1. The molecule has 1 fully saturated rings. The number of piperidine rings is 1. The molecular weight excluding hydrogens is 353 g/mol. The molecule has 1 aliphatic heterocycles. The zero-order valence-corrected chi connectivity index (χ0v) is 14.6. The van der Waals surface area contributed by atoms with E-state index in [1.807, 2.05) is 12.1 Å². The van der Waals surface area contributed by atoms with E-state index in [0.29, 0.717) is 17.2 Å². The summed E-state index contributed by atoms with van der Waals surface area (Å²) in [4.78, 5) is 4.06. The summed E-state index contributed by atoms with van der Waals surface area (Å²) in [6, 6.07) is 9.07. The summed E-state index contributed by atoms with van der Waals surface area (Å²) in [5.74, 6) is 0.293. The van der Waals surface area contributed by atoms with Gasteiger partial charge in [-0.3, -0.25) is 10.1 Å². The molecule has 4 rings (SSSR count). The van der Waals surface area contributed by atoms with Gasteiger partial charge in [0.05, 0.1) is 5.56 Å². The van der Waals surface area contributed by atoms with Crippen LogP contribution in [0.1, 0.15) is 30.0 Å². The zero-order valence-electron chi connectivity index (χ0n) is 14.6. The number of hydrogen-bond acceptors (Lipinski definition) is 3. The Bertz CT molecular complexity index is 912. The fraction of sp³-hybridized carbons (Fsp3) is 0.300. The van der Waals surface area contributed by atoms with E-state index in [4.69, 9.17) is 0 Å². The molecule has 140 valence electrons. The molecule has 3 heterocycles. The predicted molar refractivity (Wildman–Crippen MR) is 97.1 cm³/mol. The van der Waals surface area contributed by atoms with Crippen LogP contribution in [0.15, 0.2) is 48.8 Å². The molecule has 0 radical (unpaired) electrons. The van der Waals surface area contributed by atoms with Gasteiger partial charge in [0.2, 0.25) is 0 Å². The third kappa shape index (κ3) is 3.60. The molecule has 1 saturated heterocycles. The number of nitrogens with zero attached hydrogens (tertiary/aromatic N) is 2. The molecule has 7 heteroatoms. The number of rotatable bonds is 3. The number of benzene rings is 1. The van der Waals surface area contributed by atoms with Gasteiger partial charge < -0.3 is 5.32 Å². The van der Waals surface area contributed by atoms with Crippen LogP contribution in [0, 0.1) is 0 Å². The number of H-pyrrole nitrogens is 1. The van der Waals surface area contributed by atoms with Crippen LogP contribution >= 0.6 is 0 Å². The molecule has 0 unspecified atom stereocenters. The van der Waals surface area contributed by atoms with Crippen molar-refractivity contribution in [3.8, 4) is 22.4 Å². The Morgan fingerprint density at radius 3 is 2.41 bits per heavy atom. The first-order valence-corrected chi connectivity index (χ1v) is 8.91. The topological polar surface area (TPSA) is 53.6 Å². The van der Waals surface area contributed by atoms with Crippen LogP contribution in [-0.4, -0.2) is 28.3 Å². The minimum atomic E-state index is -4.39. The average Bonchev–Trinajstić information content (AvgIpc) is 3.14. The van der Waals surface area contributed by atoms with E-state index in [-0.39, 0.29) is 0 Å². The molecule has 4 nitrogen and oxygen atoms in total. The third-order valence-corrected chi connectivity index (χ3v) is 4.97. The Kier molecular flexibility index (Phi) is 4.70. The molecule has 0 aliphatic carbocycles. The van der Waals surface area contributed by atoms with Crippen molar-refractivity contribution in [2.75, 3.05) is 13.1 Å². The van der Waals surface area contributed by atoms with Gasteiger partial charge in [-0.05, 0) is 55.8 Å². The lowest BCUT2D eigenvalue weighted by Gasteiger charge is -2.22. The van der Waals surface area contributed by atoms with Gasteiger partial charge in [0.25, 0.3) is 0 Å². The summed E-state index contributed by atoms with van der Waals surface area (Å²) >= 11 is 0. The smallest absolute Gasteiger partial charge is 0.317 e. The molecule has 3 aromatic rings. The molecule has 2 N–H and O–H groups in total. The van der Waals surface area contributed by atoms with Crippen LogP contribution < -0.4 is 5.32 Å². The monoisotopic (exact) mass is 372 g/mol. The van der Waals surface area contributed by atoms with Crippen molar-refractivity contribution >= 4 is 0 Å². The van der Waals surface area contributed by atoms with Gasteiger partial charge in [-0.2, -0.15) is 18.3 Å². The van der Waals surface area contributed by atoms with Crippen molar-refractivity contribution in [3.63, 3.8) is 0 Å². The number of hydrogen-bond donors (Lipinski definition) is 2. The highest BCUT2D eigenvalue weighted by molar-refractivity contribution is 5.83. The minimum Gasteiger partial charge on any atom is -0.317 e. The van der Waals surface area contributed by atoms with Crippen molar-refractivity contribution in [1.82, 2.24) is 20.5 Å². The largest absolute Gasteiger partial charge is 0.416 e. The second-order valence-electron chi connectivity index (χ2n) is 6.70. The van der Waals surface area contributed by atoms with Gasteiger partial charge in [0, 0.05) is 35.1 Å². The fourth-order valence-electron chi connectivity index (χ4n) is 3.62. The van der Waals surface area contributed by atoms with E-state index in [9.17, 15) is 13.2 Å². The van der Waals surface area contributed by atoms with Crippen molar-refractivity contribution in [2.45, 2.75) is 24.9 Å². The van der Waals surface area contributed by atoms with Gasteiger partial charge in [0.1, 0.15) is 5.69 Å². The number of aromatic amines is 1. The second-order valence-corrected chi connectivity index (χ2v) is 6.70. The van der Waals surface area contributed by atoms with Crippen LogP contribution in [0.25, 0.3) is 22.4 Å². The van der Waals surface area contributed by atoms with E-state index >= 15 is 0 Å². The van der Waals surface area contributed by atoms with Crippen LogP contribution in [0.5, 0.6) is 0 Å². The highest BCUT2D eigenvalue weighted by atomic mass is 19.4. The molecule has 0 amide bonds. The summed E-state index contributed by atoms with van der Waals surface area (Å²) in [5.41, 5.74) is 3.07. The molecule has 0 saturated carbocycles. The number of halogens is 3. The normalized spacial score (nSPS) is 15.8. The van der Waals surface area contributed by atoms with Gasteiger partial charge in [-0.15, -0.1) is 0 Å². The maximum atomic E-state index is 13.2.